The first-order chi connectivity index (χ1) is 20.2. The molecule has 0 saturated heterocycles. The molecule has 0 amide bonds. The lowest BCUT2D eigenvalue weighted by Gasteiger charge is -2.22. The molecule has 2 aromatic rings. The summed E-state index contributed by atoms with van der Waals surface area (Å²) in [6.45, 7) is 8.60. The van der Waals surface area contributed by atoms with E-state index in [-0.39, 0.29) is 6.61 Å². The number of nitrogens with zero attached hydrogens (tertiary/aromatic N) is 2. The van der Waals surface area contributed by atoms with Gasteiger partial charge in [-0.25, -0.2) is 0 Å². The third kappa shape index (κ3) is 12.3. The zero-order chi connectivity index (χ0) is 31.4. The van der Waals surface area contributed by atoms with E-state index in [1.807, 2.05) is 7.05 Å². The van der Waals surface area contributed by atoms with Gasteiger partial charge in [-0.1, -0.05) is 39.2 Å². The van der Waals surface area contributed by atoms with E-state index in [0.29, 0.717) is 55.6 Å². The molecule has 0 saturated carbocycles. The number of halogens is 3. The standard InChI is InChI=1S/C25H35F3N4O.C3H6O2.C2H4O2/c1-4-6-7-9-19(5-2)30-24-22(15-29-3)21-10-8-13-33-16-17-14-18(25(26,27)28)11-12-20(17)23(21)31-32-24;1-2-5-3-4;1-4-2-3/h11-12,14,19,29H,4-10,13,15-16H2,1-3H3,(H,30,32);3H,2H2,1H3;2H,1H3. The summed E-state index contributed by atoms with van der Waals surface area (Å²) in [6.07, 6.45) is 2.68. The van der Waals surface area contributed by atoms with Crippen LogP contribution in [0.1, 0.15) is 81.5 Å². The number of fused-ring (bicyclic) bond motifs is 3. The van der Waals surface area contributed by atoms with E-state index in [1.54, 1.807) is 6.92 Å². The maximum Gasteiger partial charge on any atom is 0.416 e. The third-order valence-electron chi connectivity index (χ3n) is 6.52. The van der Waals surface area contributed by atoms with Crippen molar-refractivity contribution < 1.29 is 37.0 Å². The highest BCUT2D eigenvalue weighted by atomic mass is 19.4. The van der Waals surface area contributed by atoms with Gasteiger partial charge in [-0.2, -0.15) is 13.2 Å². The van der Waals surface area contributed by atoms with Crippen LogP contribution in [0, 0.1) is 0 Å². The van der Waals surface area contributed by atoms with Gasteiger partial charge in [0.1, 0.15) is 0 Å². The predicted octanol–water partition coefficient (Wildman–Crippen LogP) is 6.08. The van der Waals surface area contributed by atoms with Gasteiger partial charge in [0, 0.05) is 30.3 Å². The number of nitrogens with one attached hydrogen (secondary N) is 2. The van der Waals surface area contributed by atoms with Crippen LogP contribution < -0.4 is 10.6 Å². The van der Waals surface area contributed by atoms with Gasteiger partial charge in [-0.3, -0.25) is 9.59 Å². The predicted molar refractivity (Wildman–Crippen MR) is 156 cm³/mol. The highest BCUT2D eigenvalue weighted by Crippen LogP contribution is 2.36. The molecule has 42 heavy (non-hydrogen) atoms. The summed E-state index contributed by atoms with van der Waals surface area (Å²) in [5, 5.41) is 15.9. The molecule has 0 aliphatic carbocycles. The largest absolute Gasteiger partial charge is 0.471 e. The average molecular weight is 599 g/mol. The van der Waals surface area contributed by atoms with Crippen LogP contribution >= 0.6 is 0 Å². The van der Waals surface area contributed by atoms with Crippen molar-refractivity contribution in [3.05, 3.63) is 40.5 Å². The maximum absolute atomic E-state index is 13.3. The van der Waals surface area contributed by atoms with Crippen molar-refractivity contribution in [1.29, 1.82) is 0 Å². The molecule has 1 atom stereocenters. The second kappa shape index (κ2) is 20.6. The second-order valence-corrected chi connectivity index (χ2v) is 9.54. The normalized spacial score (nSPS) is 13.1. The molecule has 236 valence electrons. The number of aromatic nitrogens is 2. The van der Waals surface area contributed by atoms with Crippen molar-refractivity contribution >= 4 is 18.8 Å². The fourth-order valence-electron chi connectivity index (χ4n) is 4.41. The fraction of sp³-hybridized carbons (Fsp3) is 0.600. The van der Waals surface area contributed by atoms with Crippen LogP contribution in [0.2, 0.25) is 0 Å². The van der Waals surface area contributed by atoms with E-state index in [9.17, 15) is 18.0 Å². The van der Waals surface area contributed by atoms with Crippen LogP contribution in [0.4, 0.5) is 19.0 Å². The molecule has 12 heteroatoms. The Bertz CT molecular complexity index is 1070. The van der Waals surface area contributed by atoms with Gasteiger partial charge in [0.05, 0.1) is 31.6 Å². The Morgan fingerprint density at radius 2 is 1.86 bits per heavy atom. The van der Waals surface area contributed by atoms with Crippen molar-refractivity contribution in [3.63, 3.8) is 0 Å². The number of hydrogen-bond acceptors (Lipinski definition) is 9. The molecule has 0 spiro atoms. The van der Waals surface area contributed by atoms with E-state index in [0.717, 1.165) is 55.1 Å². The van der Waals surface area contributed by atoms with Gasteiger partial charge >= 0.3 is 6.18 Å². The Labute approximate surface area is 246 Å². The minimum atomic E-state index is -4.40. The highest BCUT2D eigenvalue weighted by molar-refractivity contribution is 5.71. The molecule has 1 aliphatic heterocycles. The summed E-state index contributed by atoms with van der Waals surface area (Å²) < 4.78 is 53.7. The monoisotopic (exact) mass is 598 g/mol. The number of carbonyl (C=O) groups excluding carboxylic acids is 2. The van der Waals surface area contributed by atoms with Crippen LogP contribution in [0.15, 0.2) is 18.2 Å². The average Bonchev–Trinajstić information content (AvgIpc) is 3.07. The van der Waals surface area contributed by atoms with Gasteiger partial charge in [0.15, 0.2) is 5.82 Å². The Balaban J connectivity index is 0.000000856. The Kier molecular flexibility index (Phi) is 18.0. The van der Waals surface area contributed by atoms with Crippen molar-refractivity contribution in [1.82, 2.24) is 15.5 Å². The zero-order valence-electron chi connectivity index (χ0n) is 25.3. The first-order valence-corrected chi connectivity index (χ1v) is 14.3. The SMILES string of the molecule is CCCCCC(CC)Nc1nnc2c(c1CNC)CCCOCc1cc(C(F)(F)F)ccc1-2.CCOC=O.COC=O. The number of ether oxygens (including phenoxy) is 3. The number of benzene rings is 1. The summed E-state index contributed by atoms with van der Waals surface area (Å²) in [7, 11) is 3.20. The third-order valence-corrected chi connectivity index (χ3v) is 6.52. The van der Waals surface area contributed by atoms with Crippen LogP contribution in [-0.2, 0) is 49.5 Å². The van der Waals surface area contributed by atoms with Crippen molar-refractivity contribution in [2.45, 2.75) is 91.1 Å². The molecule has 1 aliphatic rings. The summed E-state index contributed by atoms with van der Waals surface area (Å²) in [4.78, 5) is 18.1. The smallest absolute Gasteiger partial charge is 0.416 e. The van der Waals surface area contributed by atoms with Crippen LogP contribution in [-0.4, -0.2) is 56.6 Å². The summed E-state index contributed by atoms with van der Waals surface area (Å²) >= 11 is 0. The van der Waals surface area contributed by atoms with Crippen molar-refractivity contribution in [2.24, 2.45) is 0 Å². The number of alkyl halides is 3. The molecule has 0 radical (unpaired) electrons. The second-order valence-electron chi connectivity index (χ2n) is 9.54. The quantitative estimate of drug-likeness (QED) is 0.222. The lowest BCUT2D eigenvalue weighted by atomic mass is 9.94. The number of unbranched alkanes of at least 4 members (excludes halogenated alkanes) is 2. The van der Waals surface area contributed by atoms with Gasteiger partial charge < -0.3 is 24.8 Å². The Morgan fingerprint density at radius 3 is 2.40 bits per heavy atom. The number of methoxy groups -OCH3 is 1. The number of anilines is 1. The first kappa shape index (κ1) is 36.8. The fourth-order valence-corrected chi connectivity index (χ4v) is 4.41. The molecule has 9 nitrogen and oxygen atoms in total. The van der Waals surface area contributed by atoms with Gasteiger partial charge in [0.25, 0.3) is 12.9 Å². The van der Waals surface area contributed by atoms with E-state index in [1.165, 1.54) is 32.1 Å². The van der Waals surface area contributed by atoms with Gasteiger partial charge in [0.2, 0.25) is 0 Å². The molecule has 1 aromatic carbocycles. The van der Waals surface area contributed by atoms with E-state index >= 15 is 0 Å². The van der Waals surface area contributed by atoms with E-state index < -0.39 is 11.7 Å². The molecule has 0 bridgehead atoms. The molecule has 2 N–H and O–H groups in total. The Hall–Kier alpha value is -3.25. The number of carbonyl (C=O) groups is 2. The summed E-state index contributed by atoms with van der Waals surface area (Å²) in [5.41, 5.74) is 3.18. The van der Waals surface area contributed by atoms with Crippen LogP contribution in [0.25, 0.3) is 11.3 Å². The minimum absolute atomic E-state index is 0.122. The summed E-state index contributed by atoms with van der Waals surface area (Å²) in [5.74, 6) is 0.764. The maximum atomic E-state index is 13.3. The van der Waals surface area contributed by atoms with E-state index in [4.69, 9.17) is 9.53 Å². The molecule has 1 unspecified atom stereocenters. The molecule has 1 aromatic heterocycles. The van der Waals surface area contributed by atoms with Gasteiger partial charge in [-0.15, -0.1) is 10.2 Å². The van der Waals surface area contributed by atoms with Gasteiger partial charge in [-0.05, 0) is 62.9 Å². The zero-order valence-corrected chi connectivity index (χ0v) is 25.3. The van der Waals surface area contributed by atoms with Crippen LogP contribution in [0.5, 0.6) is 0 Å². The van der Waals surface area contributed by atoms with Crippen molar-refractivity contribution in [2.75, 3.05) is 32.7 Å². The highest BCUT2D eigenvalue weighted by Gasteiger charge is 2.32. The molecule has 0 fully saturated rings. The lowest BCUT2D eigenvalue weighted by Crippen LogP contribution is -2.23. The molecule has 2 heterocycles. The minimum Gasteiger partial charge on any atom is -0.471 e. The molecule has 3 rings (SSSR count). The first-order valence-electron chi connectivity index (χ1n) is 14.3. The van der Waals surface area contributed by atoms with Crippen molar-refractivity contribution in [3.8, 4) is 11.3 Å². The molecular formula is C30H45F3N4O5. The topological polar surface area (TPSA) is 112 Å². The Morgan fingerprint density at radius 1 is 1.12 bits per heavy atom. The number of rotatable bonds is 12. The van der Waals surface area contributed by atoms with Crippen LogP contribution in [0.3, 0.4) is 0 Å². The lowest BCUT2D eigenvalue weighted by molar-refractivity contribution is -0.137. The molecular weight excluding hydrogens is 553 g/mol. The number of hydrogen-bond donors (Lipinski definition) is 2. The van der Waals surface area contributed by atoms with E-state index in [2.05, 4.69) is 44.2 Å². The summed E-state index contributed by atoms with van der Waals surface area (Å²) in [6, 6.07) is 4.11.